The van der Waals surface area contributed by atoms with E-state index >= 15 is 0 Å². The molecule has 0 aromatic heterocycles. The molecule has 58 valence electrons. The van der Waals surface area contributed by atoms with Gasteiger partial charge in [-0.25, -0.2) is 4.79 Å². The molecule has 0 aliphatic carbocycles. The van der Waals surface area contributed by atoms with Gasteiger partial charge >= 0.3 is 11.4 Å². The highest BCUT2D eigenvalue weighted by Gasteiger charge is 2.58. The molecule has 0 spiro atoms. The van der Waals surface area contributed by atoms with Crippen LogP contribution in [0.15, 0.2) is 0 Å². The quantitative estimate of drug-likeness (QED) is 0.453. The molecular weight excluding hydrogens is 183 g/mol. The molecule has 0 radical (unpaired) electrons. The number of cyclic esters (lactones) is 2. The van der Waals surface area contributed by atoms with E-state index in [1.54, 1.807) is 0 Å². The van der Waals surface area contributed by atoms with Crippen LogP contribution in [0, 0.1) is 0 Å². The van der Waals surface area contributed by atoms with Crippen LogP contribution in [0.1, 0.15) is 6.92 Å². The molecule has 0 bridgehead atoms. The topological polar surface area (TPSA) is 55.8 Å². The standard InChI is InChI=1S/C4H4Cl2O4/c1-3(5)4(6,8)10-2(7)9-3/h8H,1H3/t3-,4-/m0/s1. The van der Waals surface area contributed by atoms with Gasteiger partial charge in [-0.15, -0.1) is 0 Å². The third-order valence-electron chi connectivity index (χ3n) is 1.04. The van der Waals surface area contributed by atoms with Crippen molar-refractivity contribution in [2.45, 2.75) is 17.2 Å². The number of rotatable bonds is 0. The Morgan fingerprint density at radius 1 is 1.50 bits per heavy atom. The number of carbonyl (C=O) groups excluding carboxylic acids is 1. The summed E-state index contributed by atoms with van der Waals surface area (Å²) >= 11 is 10.6. The first-order chi connectivity index (χ1) is 4.35. The van der Waals surface area contributed by atoms with Crippen molar-refractivity contribution < 1.29 is 19.4 Å². The van der Waals surface area contributed by atoms with E-state index in [4.69, 9.17) is 28.3 Å². The number of alkyl halides is 2. The molecule has 1 N–H and O–H groups in total. The fourth-order valence-electron chi connectivity index (χ4n) is 0.442. The van der Waals surface area contributed by atoms with Crippen LogP contribution in [-0.4, -0.2) is 21.6 Å². The van der Waals surface area contributed by atoms with Crippen molar-refractivity contribution in [2.75, 3.05) is 0 Å². The van der Waals surface area contributed by atoms with Gasteiger partial charge in [-0.2, -0.15) is 0 Å². The fraction of sp³-hybridized carbons (Fsp3) is 0.750. The van der Waals surface area contributed by atoms with Gasteiger partial charge in [0.2, 0.25) is 0 Å². The van der Waals surface area contributed by atoms with Crippen molar-refractivity contribution in [1.82, 2.24) is 0 Å². The second-order valence-corrected chi connectivity index (χ2v) is 3.17. The summed E-state index contributed by atoms with van der Waals surface area (Å²) in [4.78, 5) is 10.3. The Labute approximate surface area is 66.6 Å². The van der Waals surface area contributed by atoms with Gasteiger partial charge < -0.3 is 14.6 Å². The summed E-state index contributed by atoms with van der Waals surface area (Å²) < 4.78 is 8.38. The van der Waals surface area contributed by atoms with E-state index in [0.717, 1.165) is 0 Å². The summed E-state index contributed by atoms with van der Waals surface area (Å²) in [5.74, 6) is 0. The van der Waals surface area contributed by atoms with Crippen molar-refractivity contribution in [1.29, 1.82) is 0 Å². The maximum absolute atomic E-state index is 10.3. The lowest BCUT2D eigenvalue weighted by molar-refractivity contribution is -0.0975. The van der Waals surface area contributed by atoms with Crippen molar-refractivity contribution in [3.63, 3.8) is 0 Å². The second-order valence-electron chi connectivity index (χ2n) is 1.93. The van der Waals surface area contributed by atoms with Gasteiger partial charge in [0.1, 0.15) is 0 Å². The molecule has 10 heavy (non-hydrogen) atoms. The van der Waals surface area contributed by atoms with Crippen LogP contribution in [0.3, 0.4) is 0 Å². The molecule has 0 aromatic carbocycles. The summed E-state index contributed by atoms with van der Waals surface area (Å²) in [6.45, 7) is 1.21. The minimum absolute atomic E-state index is 1.09. The van der Waals surface area contributed by atoms with Crippen LogP contribution < -0.4 is 0 Å². The van der Waals surface area contributed by atoms with Gasteiger partial charge in [0.05, 0.1) is 0 Å². The van der Waals surface area contributed by atoms with E-state index in [1.807, 2.05) is 0 Å². The number of aliphatic hydroxyl groups is 1. The van der Waals surface area contributed by atoms with Gasteiger partial charge in [0, 0.05) is 0 Å². The van der Waals surface area contributed by atoms with Gasteiger partial charge in [-0.3, -0.25) is 0 Å². The predicted octanol–water partition coefficient (Wildman–Crippen LogP) is 0.993. The minimum Gasteiger partial charge on any atom is -0.403 e. The van der Waals surface area contributed by atoms with E-state index in [2.05, 4.69) is 9.47 Å². The monoisotopic (exact) mass is 186 g/mol. The Morgan fingerprint density at radius 2 is 2.00 bits per heavy atom. The van der Waals surface area contributed by atoms with Gasteiger partial charge in [0.25, 0.3) is 5.06 Å². The summed E-state index contributed by atoms with van der Waals surface area (Å²) in [6, 6.07) is 0. The van der Waals surface area contributed by atoms with Crippen molar-refractivity contribution >= 4 is 29.4 Å². The molecule has 1 fully saturated rings. The number of halogens is 2. The Bertz CT molecular complexity index is 158. The molecule has 0 unspecified atom stereocenters. The Balaban J connectivity index is 2.88. The van der Waals surface area contributed by atoms with Gasteiger partial charge in [-0.05, 0) is 18.5 Å². The lowest BCUT2D eigenvalue weighted by atomic mass is 10.4. The summed E-state index contributed by atoms with van der Waals surface area (Å²) in [5.41, 5.74) is 0. The highest BCUT2D eigenvalue weighted by atomic mass is 35.5. The first-order valence-electron chi connectivity index (χ1n) is 2.37. The molecule has 2 atom stereocenters. The highest BCUT2D eigenvalue weighted by molar-refractivity contribution is 6.33. The maximum atomic E-state index is 10.3. The molecule has 0 amide bonds. The molecule has 1 heterocycles. The first kappa shape index (κ1) is 7.91. The summed E-state index contributed by atoms with van der Waals surface area (Å²) in [5, 5.41) is 4.97. The van der Waals surface area contributed by atoms with Crippen molar-refractivity contribution in [2.24, 2.45) is 0 Å². The molecular formula is C4H4Cl2O4. The van der Waals surface area contributed by atoms with Crippen molar-refractivity contribution in [3.05, 3.63) is 0 Å². The molecule has 0 aromatic rings. The largest absolute Gasteiger partial charge is 0.513 e. The molecule has 1 aliphatic rings. The Morgan fingerprint density at radius 3 is 2.10 bits per heavy atom. The molecule has 1 aliphatic heterocycles. The first-order valence-corrected chi connectivity index (χ1v) is 3.13. The number of carbonyl (C=O) groups is 1. The average Bonchev–Trinajstić information content (AvgIpc) is 1.73. The molecule has 0 saturated carbocycles. The van der Waals surface area contributed by atoms with Gasteiger partial charge in [0.15, 0.2) is 0 Å². The number of ether oxygens (including phenoxy) is 2. The van der Waals surface area contributed by atoms with Crippen LogP contribution in [0.2, 0.25) is 0 Å². The average molecular weight is 187 g/mol. The van der Waals surface area contributed by atoms with E-state index in [0.29, 0.717) is 0 Å². The van der Waals surface area contributed by atoms with E-state index in [-0.39, 0.29) is 0 Å². The molecule has 4 nitrogen and oxygen atoms in total. The SMILES string of the molecule is C[C@]1(Cl)OC(=O)O[C@]1(O)Cl. The summed E-state index contributed by atoms with van der Waals surface area (Å²) in [6.07, 6.45) is -1.09. The molecule has 1 saturated heterocycles. The van der Waals surface area contributed by atoms with Crippen LogP contribution >= 0.6 is 23.2 Å². The second kappa shape index (κ2) is 1.90. The Kier molecular flexibility index (Phi) is 1.50. The number of hydrogen-bond donors (Lipinski definition) is 1. The Hall–Kier alpha value is -0.190. The predicted molar refractivity (Wildman–Crippen MR) is 32.6 cm³/mol. The van der Waals surface area contributed by atoms with Crippen LogP contribution in [0.4, 0.5) is 4.79 Å². The van der Waals surface area contributed by atoms with Crippen LogP contribution in [0.5, 0.6) is 0 Å². The lowest BCUT2D eigenvalue weighted by Gasteiger charge is -2.20. The third kappa shape index (κ3) is 1.02. The molecule has 6 heteroatoms. The smallest absolute Gasteiger partial charge is 0.403 e. The van der Waals surface area contributed by atoms with Crippen LogP contribution in [0.25, 0.3) is 0 Å². The third-order valence-corrected chi connectivity index (χ3v) is 1.91. The fourth-order valence-corrected chi connectivity index (χ4v) is 0.645. The molecule has 1 rings (SSSR count). The zero-order valence-electron chi connectivity index (χ0n) is 4.93. The van der Waals surface area contributed by atoms with Gasteiger partial charge in [-0.1, -0.05) is 11.6 Å². The zero-order chi connectivity index (χ0) is 7.99. The normalized spacial score (nSPS) is 46.6. The zero-order valence-corrected chi connectivity index (χ0v) is 6.44. The highest BCUT2D eigenvalue weighted by Crippen LogP contribution is 2.40. The van der Waals surface area contributed by atoms with E-state index in [1.165, 1.54) is 6.92 Å². The van der Waals surface area contributed by atoms with E-state index in [9.17, 15) is 4.79 Å². The number of hydrogen-bond acceptors (Lipinski definition) is 4. The lowest BCUT2D eigenvalue weighted by Crippen LogP contribution is -2.39. The summed E-state index contributed by atoms with van der Waals surface area (Å²) in [7, 11) is 0. The van der Waals surface area contributed by atoms with Crippen molar-refractivity contribution in [3.8, 4) is 0 Å². The minimum atomic E-state index is -2.27. The van der Waals surface area contributed by atoms with E-state index < -0.39 is 16.5 Å². The maximum Gasteiger partial charge on any atom is 0.513 e. The van der Waals surface area contributed by atoms with Crippen LogP contribution in [-0.2, 0) is 9.47 Å².